The van der Waals surface area contributed by atoms with E-state index in [1.54, 1.807) is 6.92 Å². The fourth-order valence-corrected chi connectivity index (χ4v) is 2.29. The average Bonchev–Trinajstić information content (AvgIpc) is 2.75. The van der Waals surface area contributed by atoms with Crippen LogP contribution >= 0.6 is 0 Å². The van der Waals surface area contributed by atoms with Gasteiger partial charge in [0.1, 0.15) is 0 Å². The van der Waals surface area contributed by atoms with E-state index in [-0.39, 0.29) is 18.7 Å². The number of carbonyl (C=O) groups is 1. The molecule has 0 aliphatic carbocycles. The molecular formula is C15H20N4O3. The van der Waals surface area contributed by atoms with Crippen LogP contribution in [-0.2, 0) is 24.8 Å². The number of amides is 1. The van der Waals surface area contributed by atoms with Gasteiger partial charge in [0, 0.05) is 36.1 Å². The number of rotatable bonds is 5. The molecule has 0 unspecified atom stereocenters. The maximum absolute atomic E-state index is 11.9. The lowest BCUT2D eigenvalue weighted by Crippen LogP contribution is -2.29. The molecule has 0 bridgehead atoms. The van der Waals surface area contributed by atoms with Gasteiger partial charge >= 0.3 is 5.69 Å². The van der Waals surface area contributed by atoms with Crippen LogP contribution in [0.25, 0.3) is 0 Å². The molecule has 7 heteroatoms. The summed E-state index contributed by atoms with van der Waals surface area (Å²) in [5.41, 5.74) is 2.11. The van der Waals surface area contributed by atoms with Gasteiger partial charge in [-0.05, 0) is 32.4 Å². The Morgan fingerprint density at radius 3 is 2.55 bits per heavy atom. The summed E-state index contributed by atoms with van der Waals surface area (Å²) in [6, 6.07) is 3.96. The van der Waals surface area contributed by atoms with Gasteiger partial charge in [-0.25, -0.2) is 4.79 Å². The van der Waals surface area contributed by atoms with Gasteiger partial charge in [-0.2, -0.15) is 0 Å². The highest BCUT2D eigenvalue weighted by Crippen LogP contribution is 2.05. The fourth-order valence-electron chi connectivity index (χ4n) is 2.29. The third-order valence-electron chi connectivity index (χ3n) is 3.80. The summed E-state index contributed by atoms with van der Waals surface area (Å²) >= 11 is 0. The van der Waals surface area contributed by atoms with Gasteiger partial charge in [0.15, 0.2) is 0 Å². The van der Waals surface area contributed by atoms with E-state index in [0.29, 0.717) is 17.8 Å². The molecule has 1 amide bonds. The van der Waals surface area contributed by atoms with Crippen LogP contribution in [0.4, 0.5) is 0 Å². The number of aromatic amines is 2. The van der Waals surface area contributed by atoms with Gasteiger partial charge in [0.05, 0.1) is 6.54 Å². The topological polar surface area (TPSA) is 99.8 Å². The highest BCUT2D eigenvalue weighted by Gasteiger charge is 2.09. The number of H-pyrrole nitrogens is 2. The number of hydrogen-bond donors (Lipinski definition) is 3. The van der Waals surface area contributed by atoms with Crippen LogP contribution in [0.2, 0.25) is 0 Å². The van der Waals surface area contributed by atoms with Crippen molar-refractivity contribution in [2.24, 2.45) is 7.05 Å². The maximum Gasteiger partial charge on any atom is 0.325 e. The van der Waals surface area contributed by atoms with Gasteiger partial charge in [-0.1, -0.05) is 0 Å². The fraction of sp³-hybridized carbons (Fsp3) is 0.400. The van der Waals surface area contributed by atoms with E-state index in [1.165, 1.54) is 0 Å². The van der Waals surface area contributed by atoms with Crippen LogP contribution in [0.5, 0.6) is 0 Å². The van der Waals surface area contributed by atoms with Crippen LogP contribution in [-0.4, -0.2) is 20.4 Å². The van der Waals surface area contributed by atoms with E-state index in [4.69, 9.17) is 0 Å². The van der Waals surface area contributed by atoms with Crippen molar-refractivity contribution in [1.29, 1.82) is 0 Å². The molecule has 118 valence electrons. The number of hydrogen-bond acceptors (Lipinski definition) is 3. The van der Waals surface area contributed by atoms with Crippen LogP contribution < -0.4 is 16.6 Å². The van der Waals surface area contributed by atoms with Crippen molar-refractivity contribution in [2.75, 3.05) is 0 Å². The third-order valence-corrected chi connectivity index (χ3v) is 3.80. The standard InChI is InChI=1S/C15H20N4O3/c1-9-4-5-11(19(9)3)8-16-13(20)7-6-12-10(2)17-15(22)18-14(12)21/h4-5H,6-8H2,1-3H3,(H,16,20)(H2,17,18,21,22). The van der Waals surface area contributed by atoms with Crippen molar-refractivity contribution in [3.8, 4) is 0 Å². The molecule has 0 fully saturated rings. The van der Waals surface area contributed by atoms with E-state index >= 15 is 0 Å². The summed E-state index contributed by atoms with van der Waals surface area (Å²) in [7, 11) is 1.94. The van der Waals surface area contributed by atoms with E-state index in [1.807, 2.05) is 30.7 Å². The normalized spacial score (nSPS) is 10.7. The molecule has 0 spiro atoms. The van der Waals surface area contributed by atoms with E-state index in [9.17, 15) is 14.4 Å². The molecule has 0 saturated carbocycles. The first-order chi connectivity index (χ1) is 10.4. The molecule has 0 aromatic carbocycles. The molecule has 3 N–H and O–H groups in total. The largest absolute Gasteiger partial charge is 0.351 e. The Labute approximate surface area is 127 Å². The first kappa shape index (κ1) is 15.8. The summed E-state index contributed by atoms with van der Waals surface area (Å²) in [6.07, 6.45) is 0.481. The number of aromatic nitrogens is 3. The van der Waals surface area contributed by atoms with Crippen molar-refractivity contribution >= 4 is 5.91 Å². The Balaban J connectivity index is 1.92. The van der Waals surface area contributed by atoms with Crippen molar-refractivity contribution in [2.45, 2.75) is 33.2 Å². The molecule has 0 saturated heterocycles. The highest BCUT2D eigenvalue weighted by atomic mass is 16.2. The van der Waals surface area contributed by atoms with Gasteiger partial charge < -0.3 is 14.9 Å². The Hall–Kier alpha value is -2.57. The predicted molar refractivity (Wildman–Crippen MR) is 82.7 cm³/mol. The van der Waals surface area contributed by atoms with Crippen LogP contribution in [0, 0.1) is 13.8 Å². The second-order valence-corrected chi connectivity index (χ2v) is 5.31. The number of nitrogens with zero attached hydrogens (tertiary/aromatic N) is 1. The minimum absolute atomic E-state index is 0.135. The van der Waals surface area contributed by atoms with E-state index in [2.05, 4.69) is 15.3 Å². The predicted octanol–water partition coefficient (Wildman–Crippen LogP) is 0.268. The van der Waals surface area contributed by atoms with Crippen molar-refractivity contribution in [1.82, 2.24) is 19.9 Å². The Kier molecular flexibility index (Phi) is 4.65. The maximum atomic E-state index is 11.9. The Bertz CT molecular complexity index is 798. The molecule has 22 heavy (non-hydrogen) atoms. The third kappa shape index (κ3) is 3.55. The molecule has 0 aliphatic rings. The Morgan fingerprint density at radius 2 is 1.95 bits per heavy atom. The van der Waals surface area contributed by atoms with Gasteiger partial charge in [-0.15, -0.1) is 0 Å². The van der Waals surface area contributed by atoms with Gasteiger partial charge in [0.25, 0.3) is 5.56 Å². The summed E-state index contributed by atoms with van der Waals surface area (Å²) in [4.78, 5) is 39.4. The lowest BCUT2D eigenvalue weighted by atomic mass is 10.1. The zero-order valence-corrected chi connectivity index (χ0v) is 12.9. The molecule has 2 aromatic rings. The SMILES string of the molecule is Cc1[nH]c(=O)[nH]c(=O)c1CCC(=O)NCc1ccc(C)n1C. The van der Waals surface area contributed by atoms with Crippen molar-refractivity contribution in [3.63, 3.8) is 0 Å². The second kappa shape index (κ2) is 6.46. The molecule has 2 heterocycles. The molecule has 0 radical (unpaired) electrons. The average molecular weight is 304 g/mol. The summed E-state index contributed by atoms with van der Waals surface area (Å²) in [6.45, 7) is 4.09. The molecule has 2 rings (SSSR count). The molecule has 7 nitrogen and oxygen atoms in total. The van der Waals surface area contributed by atoms with Gasteiger partial charge in [0.2, 0.25) is 5.91 Å². The molecular weight excluding hydrogens is 284 g/mol. The van der Waals surface area contributed by atoms with Crippen molar-refractivity contribution in [3.05, 3.63) is 55.6 Å². The van der Waals surface area contributed by atoms with E-state index < -0.39 is 11.2 Å². The molecule has 2 aromatic heterocycles. The lowest BCUT2D eigenvalue weighted by molar-refractivity contribution is -0.121. The Morgan fingerprint density at radius 1 is 1.23 bits per heavy atom. The lowest BCUT2D eigenvalue weighted by Gasteiger charge is -2.08. The highest BCUT2D eigenvalue weighted by molar-refractivity contribution is 5.76. The molecule has 0 aliphatic heterocycles. The zero-order valence-electron chi connectivity index (χ0n) is 12.9. The summed E-state index contributed by atoms with van der Waals surface area (Å²) in [5, 5.41) is 2.83. The summed E-state index contributed by atoms with van der Waals surface area (Å²) in [5.74, 6) is -0.135. The second-order valence-electron chi connectivity index (χ2n) is 5.31. The summed E-state index contributed by atoms with van der Waals surface area (Å²) < 4.78 is 2.01. The monoisotopic (exact) mass is 304 g/mol. The number of aryl methyl sites for hydroxylation is 2. The number of nitrogens with one attached hydrogen (secondary N) is 3. The first-order valence-corrected chi connectivity index (χ1v) is 7.08. The molecule has 0 atom stereocenters. The first-order valence-electron chi connectivity index (χ1n) is 7.08. The van der Waals surface area contributed by atoms with E-state index in [0.717, 1.165) is 11.4 Å². The quantitative estimate of drug-likeness (QED) is 0.739. The minimum Gasteiger partial charge on any atom is -0.351 e. The van der Waals surface area contributed by atoms with Crippen LogP contribution in [0.1, 0.15) is 29.1 Å². The van der Waals surface area contributed by atoms with Crippen molar-refractivity contribution < 1.29 is 4.79 Å². The zero-order chi connectivity index (χ0) is 16.3. The number of carbonyl (C=O) groups excluding carboxylic acids is 1. The van der Waals surface area contributed by atoms with Crippen LogP contribution in [0.3, 0.4) is 0 Å². The minimum atomic E-state index is -0.533. The van der Waals surface area contributed by atoms with Crippen LogP contribution in [0.15, 0.2) is 21.7 Å². The van der Waals surface area contributed by atoms with Gasteiger partial charge in [-0.3, -0.25) is 14.6 Å². The smallest absolute Gasteiger partial charge is 0.325 e.